The summed E-state index contributed by atoms with van der Waals surface area (Å²) < 4.78 is 2.63. The van der Waals surface area contributed by atoms with Crippen molar-refractivity contribution < 1.29 is 0 Å². The monoisotopic (exact) mass is 653 g/mol. The molecule has 234 valence electrons. The maximum Gasteiger partial charge on any atom is 0.0715 e. The van der Waals surface area contributed by atoms with Crippen LogP contribution < -0.4 is 0 Å². The molecule has 7 aromatic carbocycles. The van der Waals surface area contributed by atoms with Crippen molar-refractivity contribution in [3.63, 3.8) is 0 Å². The Kier molecular flexibility index (Phi) is 6.65. The summed E-state index contributed by atoms with van der Waals surface area (Å²) in [5, 5.41) is 2.62. The Morgan fingerprint density at radius 1 is 0.360 bits per heavy atom. The molecule has 0 fully saturated rings. The molecule has 0 saturated carbocycles. The highest BCUT2D eigenvalue weighted by atomic mass is 32.1. The molecule has 0 N–H and O–H groups in total. The van der Waals surface area contributed by atoms with E-state index in [0.29, 0.717) is 0 Å². The second kappa shape index (κ2) is 11.5. The first kappa shape index (κ1) is 28.9. The van der Waals surface area contributed by atoms with Crippen molar-refractivity contribution in [2.45, 2.75) is 5.41 Å². The van der Waals surface area contributed by atoms with Gasteiger partial charge in [-0.1, -0.05) is 152 Å². The minimum absolute atomic E-state index is 0.514. The number of rotatable bonds is 5. The van der Waals surface area contributed by atoms with Gasteiger partial charge in [-0.05, 0) is 80.9 Å². The molecule has 0 radical (unpaired) electrons. The van der Waals surface area contributed by atoms with Crippen LogP contribution in [0.25, 0.3) is 64.9 Å². The van der Waals surface area contributed by atoms with Crippen LogP contribution in [0.4, 0.5) is 0 Å². The summed E-state index contributed by atoms with van der Waals surface area (Å²) >= 11 is 1.87. The lowest BCUT2D eigenvalue weighted by Gasteiger charge is -2.34. The van der Waals surface area contributed by atoms with Crippen LogP contribution in [0.15, 0.2) is 188 Å². The Morgan fingerprint density at radius 2 is 0.980 bits per heavy atom. The van der Waals surface area contributed by atoms with Gasteiger partial charge < -0.3 is 0 Å². The molecule has 0 aliphatic heterocycles. The fourth-order valence-electron chi connectivity index (χ4n) is 8.11. The van der Waals surface area contributed by atoms with E-state index < -0.39 is 5.41 Å². The normalized spacial score (nSPS) is 14.9. The lowest BCUT2D eigenvalue weighted by atomic mass is 9.67. The smallest absolute Gasteiger partial charge is 0.0715 e. The SMILES string of the molecule is c1ccc(-c2cc(-c3ccccc3)nc(-c3ccc4c(c3)C(c3ccccc3)(c3ccc5sc6ccccc6c5c3)c3ccccc3-4)c2)cc1. The molecule has 1 atom stereocenters. The summed E-state index contributed by atoms with van der Waals surface area (Å²) in [4.78, 5) is 5.34. The van der Waals surface area contributed by atoms with Crippen LogP contribution in [-0.2, 0) is 5.41 Å². The molecule has 0 amide bonds. The van der Waals surface area contributed by atoms with Crippen molar-refractivity contribution in [2.24, 2.45) is 0 Å². The topological polar surface area (TPSA) is 12.9 Å². The van der Waals surface area contributed by atoms with Gasteiger partial charge in [-0.3, -0.25) is 0 Å². The maximum absolute atomic E-state index is 5.34. The fraction of sp³-hybridized carbons (Fsp3) is 0.0208. The summed E-state index contributed by atoms with van der Waals surface area (Å²) in [7, 11) is 0. The van der Waals surface area contributed by atoms with E-state index in [9.17, 15) is 0 Å². The lowest BCUT2D eigenvalue weighted by Crippen LogP contribution is -2.28. The number of hydrogen-bond donors (Lipinski definition) is 0. The highest BCUT2D eigenvalue weighted by molar-refractivity contribution is 7.25. The predicted octanol–water partition coefficient (Wildman–Crippen LogP) is 12.8. The van der Waals surface area contributed by atoms with Gasteiger partial charge in [0, 0.05) is 31.3 Å². The highest BCUT2D eigenvalue weighted by Crippen LogP contribution is 2.57. The Morgan fingerprint density at radius 3 is 1.78 bits per heavy atom. The molecule has 0 saturated heterocycles. The third-order valence-electron chi connectivity index (χ3n) is 10.4. The molecule has 1 aliphatic carbocycles. The molecular formula is C48H31NS. The second-order valence-corrected chi connectivity index (χ2v) is 14.2. The zero-order valence-electron chi connectivity index (χ0n) is 27.3. The first-order chi connectivity index (χ1) is 24.8. The van der Waals surface area contributed by atoms with Crippen LogP contribution in [0, 0.1) is 0 Å². The molecule has 1 unspecified atom stereocenters. The summed E-state index contributed by atoms with van der Waals surface area (Å²) in [6.07, 6.45) is 0. The van der Waals surface area contributed by atoms with E-state index in [4.69, 9.17) is 4.98 Å². The van der Waals surface area contributed by atoms with Crippen LogP contribution in [0.2, 0.25) is 0 Å². The molecule has 1 aliphatic rings. The molecule has 50 heavy (non-hydrogen) atoms. The van der Waals surface area contributed by atoms with Crippen molar-refractivity contribution >= 4 is 31.5 Å². The molecule has 1 nitrogen and oxygen atoms in total. The van der Waals surface area contributed by atoms with Gasteiger partial charge in [0.05, 0.1) is 16.8 Å². The number of hydrogen-bond acceptors (Lipinski definition) is 2. The van der Waals surface area contributed by atoms with Crippen molar-refractivity contribution in [1.29, 1.82) is 0 Å². The zero-order chi connectivity index (χ0) is 33.1. The van der Waals surface area contributed by atoms with E-state index in [2.05, 4.69) is 188 Å². The Balaban J connectivity index is 1.26. The molecular weight excluding hydrogens is 623 g/mol. The molecule has 10 rings (SSSR count). The Hall–Kier alpha value is -6.09. The quantitative estimate of drug-likeness (QED) is 0.180. The first-order valence-electron chi connectivity index (χ1n) is 17.1. The van der Waals surface area contributed by atoms with Crippen molar-refractivity contribution in [1.82, 2.24) is 4.98 Å². The Labute approximate surface area is 295 Å². The summed E-state index contributed by atoms with van der Waals surface area (Å²) in [5.41, 5.74) is 13.7. The van der Waals surface area contributed by atoms with Crippen LogP contribution in [0.5, 0.6) is 0 Å². The predicted molar refractivity (Wildman–Crippen MR) is 211 cm³/mol. The summed E-state index contributed by atoms with van der Waals surface area (Å²) in [6.45, 7) is 0. The highest BCUT2D eigenvalue weighted by Gasteiger charge is 2.46. The number of nitrogens with zero attached hydrogens (tertiary/aromatic N) is 1. The molecule has 0 spiro atoms. The fourth-order valence-corrected chi connectivity index (χ4v) is 9.19. The van der Waals surface area contributed by atoms with E-state index in [1.54, 1.807) is 0 Å². The second-order valence-electron chi connectivity index (χ2n) is 13.1. The van der Waals surface area contributed by atoms with Crippen LogP contribution in [-0.4, -0.2) is 4.98 Å². The van der Waals surface area contributed by atoms with Gasteiger partial charge in [0.1, 0.15) is 0 Å². The van der Waals surface area contributed by atoms with E-state index in [1.165, 1.54) is 59.1 Å². The third-order valence-corrected chi connectivity index (χ3v) is 11.5. The molecule has 9 aromatic rings. The van der Waals surface area contributed by atoms with E-state index in [0.717, 1.165) is 28.1 Å². The number of thiophene rings is 1. The average Bonchev–Trinajstić information content (AvgIpc) is 3.72. The number of aromatic nitrogens is 1. The molecule has 2 heteroatoms. The van der Waals surface area contributed by atoms with Crippen LogP contribution >= 0.6 is 11.3 Å². The minimum Gasteiger partial charge on any atom is -0.248 e. The van der Waals surface area contributed by atoms with Crippen LogP contribution in [0.3, 0.4) is 0 Å². The standard InChI is InChI=1S/C48H31NS/c1-4-14-32(15-5-1)35-29-44(33-16-6-2-7-17-33)49-45(30-35)34-24-26-39-38-20-10-12-22-42(38)48(43(39)28-34,36-18-8-3-9-19-36)37-25-27-47-41(31-37)40-21-11-13-23-46(40)50-47/h1-31H. The van der Waals surface area contributed by atoms with Crippen LogP contribution in [0.1, 0.15) is 22.3 Å². The van der Waals surface area contributed by atoms with Crippen molar-refractivity contribution in [3.05, 3.63) is 210 Å². The van der Waals surface area contributed by atoms with Gasteiger partial charge in [-0.15, -0.1) is 11.3 Å². The summed E-state index contributed by atoms with van der Waals surface area (Å²) in [5.74, 6) is 0. The number of fused-ring (bicyclic) bond motifs is 6. The Bertz CT molecular complexity index is 2630. The van der Waals surface area contributed by atoms with Gasteiger partial charge in [0.15, 0.2) is 0 Å². The number of benzene rings is 7. The van der Waals surface area contributed by atoms with Gasteiger partial charge in [0.25, 0.3) is 0 Å². The lowest BCUT2D eigenvalue weighted by molar-refractivity contribution is 0.770. The average molecular weight is 654 g/mol. The first-order valence-corrected chi connectivity index (χ1v) is 17.9. The minimum atomic E-state index is -0.514. The van der Waals surface area contributed by atoms with Gasteiger partial charge >= 0.3 is 0 Å². The maximum atomic E-state index is 5.34. The largest absolute Gasteiger partial charge is 0.248 e. The summed E-state index contributed by atoms with van der Waals surface area (Å²) in [6, 6.07) is 68.6. The number of pyridine rings is 1. The molecule has 0 bridgehead atoms. The van der Waals surface area contributed by atoms with E-state index >= 15 is 0 Å². The molecule has 2 heterocycles. The third kappa shape index (κ3) is 4.42. The van der Waals surface area contributed by atoms with Gasteiger partial charge in [-0.2, -0.15) is 0 Å². The van der Waals surface area contributed by atoms with Gasteiger partial charge in [-0.25, -0.2) is 4.98 Å². The van der Waals surface area contributed by atoms with Crippen molar-refractivity contribution in [3.8, 4) is 44.8 Å². The van der Waals surface area contributed by atoms with E-state index in [-0.39, 0.29) is 0 Å². The van der Waals surface area contributed by atoms with Crippen molar-refractivity contribution in [2.75, 3.05) is 0 Å². The zero-order valence-corrected chi connectivity index (χ0v) is 28.1. The molecule has 2 aromatic heterocycles. The van der Waals surface area contributed by atoms with Gasteiger partial charge in [0.2, 0.25) is 0 Å². The van der Waals surface area contributed by atoms with E-state index in [1.807, 2.05) is 11.3 Å².